The van der Waals surface area contributed by atoms with Crippen molar-refractivity contribution in [2.45, 2.75) is 0 Å². The standard InChI is InChI=1S/CH2N4.Cu.H3N/c1-2-4-5-3-1;;/h1H,(H,2,3,4,5);;1H3. The summed E-state index contributed by atoms with van der Waals surface area (Å²) < 4.78 is 0. The summed E-state index contributed by atoms with van der Waals surface area (Å²) in [7, 11) is 0. The van der Waals surface area contributed by atoms with Gasteiger partial charge in [0.2, 0.25) is 0 Å². The quantitative estimate of drug-likeness (QED) is 0.482. The maximum absolute atomic E-state index is 3.31. The van der Waals surface area contributed by atoms with E-state index in [0.29, 0.717) is 0 Å². The van der Waals surface area contributed by atoms with E-state index < -0.39 is 0 Å². The van der Waals surface area contributed by atoms with Crippen molar-refractivity contribution >= 4 is 0 Å². The van der Waals surface area contributed by atoms with Crippen molar-refractivity contribution in [1.29, 1.82) is 0 Å². The van der Waals surface area contributed by atoms with Crippen molar-refractivity contribution < 1.29 is 17.1 Å². The summed E-state index contributed by atoms with van der Waals surface area (Å²) in [6, 6.07) is 0. The second kappa shape index (κ2) is 5.55. The molecular formula is CH5CuN5. The number of tetrazole rings is 1. The monoisotopic (exact) mass is 150 g/mol. The SMILES string of the molecule is N.[Cu].c1nnn[nH]1. The second-order valence-electron chi connectivity index (χ2n) is 0.563. The van der Waals surface area contributed by atoms with E-state index in [9.17, 15) is 0 Å². The van der Waals surface area contributed by atoms with Crippen molar-refractivity contribution in [1.82, 2.24) is 26.8 Å². The summed E-state index contributed by atoms with van der Waals surface area (Å²) in [6.45, 7) is 0. The molecule has 0 spiro atoms. The minimum atomic E-state index is 0. The zero-order chi connectivity index (χ0) is 3.54. The molecule has 0 bridgehead atoms. The van der Waals surface area contributed by atoms with Crippen LogP contribution in [0.25, 0.3) is 0 Å². The number of hydrogen-bond donors (Lipinski definition) is 2. The number of nitrogens with zero attached hydrogens (tertiary/aromatic N) is 3. The summed E-state index contributed by atoms with van der Waals surface area (Å²) in [5.41, 5.74) is 0. The number of nitrogens with one attached hydrogen (secondary N) is 1. The zero-order valence-corrected chi connectivity index (χ0v) is 4.37. The molecule has 6 heteroatoms. The average Bonchev–Trinajstić information content (AvgIpc) is 1.76. The molecule has 0 aromatic carbocycles. The predicted octanol–water partition coefficient (Wildman–Crippen LogP) is -0.641. The fraction of sp³-hybridized carbons (Fsp3) is 0. The first-order valence-corrected chi connectivity index (χ1v) is 1.17. The van der Waals surface area contributed by atoms with E-state index in [4.69, 9.17) is 0 Å². The Kier molecular flexibility index (Phi) is 7.73. The van der Waals surface area contributed by atoms with Crippen LogP contribution in [0.5, 0.6) is 0 Å². The third-order valence-electron chi connectivity index (χ3n) is 0.270. The van der Waals surface area contributed by atoms with Crippen molar-refractivity contribution in [2.24, 2.45) is 0 Å². The molecule has 0 aliphatic rings. The Morgan fingerprint density at radius 3 is 2.29 bits per heavy atom. The van der Waals surface area contributed by atoms with Gasteiger partial charge in [-0.3, -0.25) is 0 Å². The van der Waals surface area contributed by atoms with Gasteiger partial charge in [-0.15, -0.1) is 5.10 Å². The van der Waals surface area contributed by atoms with Crippen LogP contribution in [0.2, 0.25) is 0 Å². The van der Waals surface area contributed by atoms with E-state index in [1.807, 2.05) is 0 Å². The molecule has 1 radical (unpaired) electrons. The van der Waals surface area contributed by atoms with E-state index in [1.165, 1.54) is 6.33 Å². The van der Waals surface area contributed by atoms with Crippen LogP contribution in [0.3, 0.4) is 0 Å². The molecule has 1 aromatic rings. The Balaban J connectivity index is 0. The number of H-pyrrole nitrogens is 1. The molecule has 45 valence electrons. The molecule has 5 nitrogen and oxygen atoms in total. The van der Waals surface area contributed by atoms with Gasteiger partial charge in [0.25, 0.3) is 0 Å². The van der Waals surface area contributed by atoms with Gasteiger partial charge >= 0.3 is 0 Å². The van der Waals surface area contributed by atoms with Gasteiger partial charge in [-0.25, -0.2) is 5.10 Å². The molecule has 1 rings (SSSR count). The van der Waals surface area contributed by atoms with Crippen LogP contribution in [0, 0.1) is 0 Å². The Morgan fingerprint density at radius 2 is 2.14 bits per heavy atom. The van der Waals surface area contributed by atoms with Gasteiger partial charge in [-0.05, 0) is 10.4 Å². The summed E-state index contributed by atoms with van der Waals surface area (Å²) in [6.07, 6.45) is 1.40. The number of rotatable bonds is 0. The summed E-state index contributed by atoms with van der Waals surface area (Å²) in [5, 5.41) is 12.1. The number of aromatic amines is 1. The van der Waals surface area contributed by atoms with Gasteiger partial charge in [0.1, 0.15) is 6.33 Å². The minimum Gasteiger partial charge on any atom is -0.344 e. The van der Waals surface area contributed by atoms with Crippen LogP contribution in [0.1, 0.15) is 0 Å². The molecule has 0 saturated heterocycles. The Labute approximate surface area is 50.9 Å². The van der Waals surface area contributed by atoms with Crippen molar-refractivity contribution in [3.8, 4) is 0 Å². The average molecular weight is 151 g/mol. The van der Waals surface area contributed by atoms with Gasteiger partial charge < -0.3 is 6.15 Å². The number of hydrogen-bond acceptors (Lipinski definition) is 4. The van der Waals surface area contributed by atoms with E-state index in [2.05, 4.69) is 20.6 Å². The minimum absolute atomic E-state index is 0. The van der Waals surface area contributed by atoms with Crippen LogP contribution in [-0.4, -0.2) is 20.6 Å². The summed E-state index contributed by atoms with van der Waals surface area (Å²) >= 11 is 0. The second-order valence-corrected chi connectivity index (χ2v) is 0.563. The maximum atomic E-state index is 3.31. The molecule has 0 amide bonds. The molecule has 0 fully saturated rings. The molecule has 0 aliphatic carbocycles. The van der Waals surface area contributed by atoms with Gasteiger partial charge in [0.15, 0.2) is 0 Å². The molecule has 4 N–H and O–H groups in total. The fourth-order valence-electron chi connectivity index (χ4n) is 0.129. The van der Waals surface area contributed by atoms with Crippen molar-refractivity contribution in [3.05, 3.63) is 6.33 Å². The molecule has 0 saturated carbocycles. The molecule has 0 aliphatic heterocycles. The van der Waals surface area contributed by atoms with E-state index in [0.717, 1.165) is 0 Å². The van der Waals surface area contributed by atoms with Crippen LogP contribution < -0.4 is 6.15 Å². The fourth-order valence-corrected chi connectivity index (χ4v) is 0.129. The molecule has 1 heterocycles. The van der Waals surface area contributed by atoms with Gasteiger partial charge in [-0.1, -0.05) is 0 Å². The van der Waals surface area contributed by atoms with Gasteiger partial charge in [-0.2, -0.15) is 0 Å². The molecular weight excluding hydrogens is 146 g/mol. The Hall–Kier alpha value is -0.451. The first-order valence-electron chi connectivity index (χ1n) is 1.17. The maximum Gasteiger partial charge on any atom is 0.135 e. The van der Waals surface area contributed by atoms with Crippen molar-refractivity contribution in [2.75, 3.05) is 0 Å². The predicted molar refractivity (Wildman–Crippen MR) is 19.2 cm³/mol. The molecule has 0 unspecified atom stereocenters. The largest absolute Gasteiger partial charge is 0.344 e. The van der Waals surface area contributed by atoms with Crippen LogP contribution in [0.4, 0.5) is 0 Å². The topological polar surface area (TPSA) is 89.5 Å². The summed E-state index contributed by atoms with van der Waals surface area (Å²) in [4.78, 5) is 0. The van der Waals surface area contributed by atoms with Crippen LogP contribution >= 0.6 is 0 Å². The molecule has 1 aromatic heterocycles. The van der Waals surface area contributed by atoms with E-state index in [-0.39, 0.29) is 23.2 Å². The van der Waals surface area contributed by atoms with Gasteiger partial charge in [0.05, 0.1) is 0 Å². The normalized spacial score (nSPS) is 5.71. The Bertz CT molecular complexity index is 64.6. The third-order valence-corrected chi connectivity index (χ3v) is 0.270. The zero-order valence-electron chi connectivity index (χ0n) is 3.43. The van der Waals surface area contributed by atoms with Crippen LogP contribution in [0.15, 0.2) is 6.33 Å². The molecule has 0 atom stereocenters. The third kappa shape index (κ3) is 3.38. The molecule has 7 heavy (non-hydrogen) atoms. The first kappa shape index (κ1) is 9.75. The van der Waals surface area contributed by atoms with E-state index in [1.54, 1.807) is 0 Å². The Morgan fingerprint density at radius 1 is 1.43 bits per heavy atom. The van der Waals surface area contributed by atoms with Crippen molar-refractivity contribution in [3.63, 3.8) is 0 Å². The smallest absolute Gasteiger partial charge is 0.135 e. The summed E-state index contributed by atoms with van der Waals surface area (Å²) in [5.74, 6) is 0. The first-order chi connectivity index (χ1) is 2.50. The van der Waals surface area contributed by atoms with E-state index >= 15 is 0 Å². The number of aromatic nitrogens is 4. The van der Waals surface area contributed by atoms with Gasteiger partial charge in [0, 0.05) is 17.1 Å². The van der Waals surface area contributed by atoms with Crippen LogP contribution in [-0.2, 0) is 17.1 Å².